The van der Waals surface area contributed by atoms with Crippen LogP contribution in [0.25, 0.3) is 0 Å². The Morgan fingerprint density at radius 2 is 1.92 bits per heavy atom. The van der Waals surface area contributed by atoms with Crippen molar-refractivity contribution in [3.8, 4) is 0 Å². The number of Topliss-reactive ketones (excluding diaryl/α,β-unsaturated/α-hetero) is 2. The zero-order valence-corrected chi connectivity index (χ0v) is 7.79. The normalized spacial score (nSPS) is 11.5. The van der Waals surface area contributed by atoms with Gasteiger partial charge in [-0.15, -0.1) is 0 Å². The van der Waals surface area contributed by atoms with Crippen LogP contribution in [0.5, 0.6) is 0 Å². The van der Waals surface area contributed by atoms with E-state index in [0.29, 0.717) is 0 Å². The fourth-order valence-electron chi connectivity index (χ4n) is 0.814. The summed E-state index contributed by atoms with van der Waals surface area (Å²) in [5.74, 6) is -0.809. The highest BCUT2D eigenvalue weighted by molar-refractivity contribution is 5.94. The van der Waals surface area contributed by atoms with Gasteiger partial charge in [-0.25, -0.2) is 0 Å². The number of rotatable bonds is 5. The van der Waals surface area contributed by atoms with Gasteiger partial charge in [0, 0.05) is 6.42 Å². The van der Waals surface area contributed by atoms with E-state index in [4.69, 9.17) is 0 Å². The van der Waals surface area contributed by atoms with E-state index in [9.17, 15) is 14.4 Å². The first-order valence-electron chi connectivity index (χ1n) is 3.90. The summed E-state index contributed by atoms with van der Waals surface area (Å²) >= 11 is 0. The molecule has 0 aromatic carbocycles. The zero-order valence-electron chi connectivity index (χ0n) is 7.79. The van der Waals surface area contributed by atoms with Gasteiger partial charge in [-0.2, -0.15) is 0 Å². The van der Waals surface area contributed by atoms with Crippen molar-refractivity contribution in [2.75, 3.05) is 0 Å². The van der Waals surface area contributed by atoms with Gasteiger partial charge in [-0.05, 0) is 19.9 Å². The minimum atomic E-state index is -0.719. The summed E-state index contributed by atoms with van der Waals surface area (Å²) in [7, 11) is 0. The van der Waals surface area contributed by atoms with E-state index in [0.717, 1.165) is 6.08 Å². The number of ketones is 2. The van der Waals surface area contributed by atoms with Crippen molar-refractivity contribution in [3.63, 3.8) is 0 Å². The van der Waals surface area contributed by atoms with Crippen LogP contribution in [-0.2, 0) is 14.4 Å². The predicted molar refractivity (Wildman–Crippen MR) is 48.1 cm³/mol. The molecule has 0 fully saturated rings. The lowest BCUT2D eigenvalue weighted by atomic mass is 10.1. The fourth-order valence-corrected chi connectivity index (χ4v) is 0.814. The highest BCUT2D eigenvalue weighted by atomic mass is 16.2. The van der Waals surface area contributed by atoms with E-state index in [-0.39, 0.29) is 18.0 Å². The lowest BCUT2D eigenvalue weighted by molar-refractivity contribution is -0.127. The van der Waals surface area contributed by atoms with Crippen molar-refractivity contribution in [1.29, 1.82) is 0 Å². The summed E-state index contributed by atoms with van der Waals surface area (Å²) in [6.07, 6.45) is 1.10. The Bertz CT molecular complexity index is 245. The molecule has 0 heterocycles. The maximum atomic E-state index is 10.9. The second kappa shape index (κ2) is 5.24. The van der Waals surface area contributed by atoms with Crippen molar-refractivity contribution < 1.29 is 14.4 Å². The monoisotopic (exact) mass is 183 g/mol. The van der Waals surface area contributed by atoms with E-state index < -0.39 is 11.9 Å². The number of hydrogen-bond acceptors (Lipinski definition) is 3. The molecule has 0 saturated heterocycles. The predicted octanol–water partition coefficient (Wildman–Crippen LogP) is 0.225. The van der Waals surface area contributed by atoms with Crippen molar-refractivity contribution in [1.82, 2.24) is 5.32 Å². The minimum absolute atomic E-state index is 0.0366. The molecule has 1 N–H and O–H groups in total. The zero-order chi connectivity index (χ0) is 10.4. The molecular formula is C9H13NO3. The van der Waals surface area contributed by atoms with Crippen molar-refractivity contribution in [2.24, 2.45) is 0 Å². The standard InChI is InChI=1S/C9H13NO3/c1-4-9(13)10-8(7(3)12)5-6(2)11/h4,8H,1,5H2,2-3H3,(H,10,13)/t8-/m0/s1. The first-order chi connectivity index (χ1) is 5.97. The topological polar surface area (TPSA) is 63.2 Å². The smallest absolute Gasteiger partial charge is 0.243 e. The molecule has 0 aliphatic heterocycles. The van der Waals surface area contributed by atoms with Gasteiger partial charge in [-0.3, -0.25) is 14.4 Å². The maximum Gasteiger partial charge on any atom is 0.243 e. The summed E-state index contributed by atoms with van der Waals surface area (Å²) in [4.78, 5) is 32.4. The molecule has 0 aromatic heterocycles. The van der Waals surface area contributed by atoms with E-state index in [1.165, 1.54) is 13.8 Å². The van der Waals surface area contributed by atoms with Crippen molar-refractivity contribution >= 4 is 17.5 Å². The third kappa shape index (κ3) is 4.90. The molecule has 1 amide bonds. The highest BCUT2D eigenvalue weighted by Crippen LogP contribution is 1.95. The Morgan fingerprint density at radius 1 is 1.38 bits per heavy atom. The van der Waals surface area contributed by atoms with Crippen LogP contribution < -0.4 is 5.32 Å². The lowest BCUT2D eigenvalue weighted by Gasteiger charge is -2.12. The van der Waals surface area contributed by atoms with E-state index in [2.05, 4.69) is 11.9 Å². The molecule has 4 heteroatoms. The summed E-state index contributed by atoms with van der Waals surface area (Å²) in [5, 5.41) is 2.37. The molecule has 0 spiro atoms. The molecular weight excluding hydrogens is 170 g/mol. The van der Waals surface area contributed by atoms with Gasteiger partial charge in [0.2, 0.25) is 5.91 Å². The van der Waals surface area contributed by atoms with Crippen molar-refractivity contribution in [2.45, 2.75) is 26.3 Å². The van der Waals surface area contributed by atoms with E-state index in [1.54, 1.807) is 0 Å². The SMILES string of the molecule is C=CC(=O)N[C@@H](CC(C)=O)C(C)=O. The average Bonchev–Trinajstić information content (AvgIpc) is 2.02. The molecule has 72 valence electrons. The Labute approximate surface area is 77.0 Å². The largest absolute Gasteiger partial charge is 0.342 e. The van der Waals surface area contributed by atoms with Gasteiger partial charge in [0.15, 0.2) is 5.78 Å². The Hall–Kier alpha value is -1.45. The van der Waals surface area contributed by atoms with Crippen LogP contribution in [0.1, 0.15) is 20.3 Å². The molecule has 4 nitrogen and oxygen atoms in total. The highest BCUT2D eigenvalue weighted by Gasteiger charge is 2.17. The molecule has 0 aliphatic rings. The Kier molecular flexibility index (Phi) is 4.66. The third-order valence-corrected chi connectivity index (χ3v) is 1.48. The lowest BCUT2D eigenvalue weighted by Crippen LogP contribution is -2.40. The van der Waals surface area contributed by atoms with Gasteiger partial charge < -0.3 is 5.32 Å². The number of amides is 1. The van der Waals surface area contributed by atoms with Crippen LogP contribution in [0, 0.1) is 0 Å². The summed E-state index contributed by atoms with van der Waals surface area (Å²) in [6.45, 7) is 5.95. The first kappa shape index (κ1) is 11.6. The number of nitrogens with one attached hydrogen (secondary N) is 1. The van der Waals surface area contributed by atoms with Crippen LogP contribution in [0.2, 0.25) is 0 Å². The van der Waals surface area contributed by atoms with Gasteiger partial charge in [0.1, 0.15) is 5.78 Å². The molecule has 0 saturated carbocycles. The summed E-state index contributed by atoms with van der Waals surface area (Å²) in [5.41, 5.74) is 0. The fraction of sp³-hybridized carbons (Fsp3) is 0.444. The van der Waals surface area contributed by atoms with Crippen molar-refractivity contribution in [3.05, 3.63) is 12.7 Å². The quantitative estimate of drug-likeness (QED) is 0.620. The molecule has 0 unspecified atom stereocenters. The molecule has 0 rings (SSSR count). The molecule has 13 heavy (non-hydrogen) atoms. The maximum absolute atomic E-state index is 10.9. The second-order valence-electron chi connectivity index (χ2n) is 2.78. The molecule has 0 aliphatic carbocycles. The van der Waals surface area contributed by atoms with Gasteiger partial charge >= 0.3 is 0 Å². The van der Waals surface area contributed by atoms with E-state index in [1.807, 2.05) is 0 Å². The number of hydrogen-bond donors (Lipinski definition) is 1. The van der Waals surface area contributed by atoms with Crippen LogP contribution in [0.4, 0.5) is 0 Å². The summed E-state index contributed by atoms with van der Waals surface area (Å²) < 4.78 is 0. The Morgan fingerprint density at radius 3 is 2.23 bits per heavy atom. The van der Waals surface area contributed by atoms with E-state index >= 15 is 0 Å². The van der Waals surface area contributed by atoms with Crippen LogP contribution in [-0.4, -0.2) is 23.5 Å². The third-order valence-electron chi connectivity index (χ3n) is 1.48. The number of carbonyl (C=O) groups is 3. The molecule has 0 radical (unpaired) electrons. The van der Waals surface area contributed by atoms with Crippen LogP contribution in [0.3, 0.4) is 0 Å². The van der Waals surface area contributed by atoms with Crippen LogP contribution in [0.15, 0.2) is 12.7 Å². The number of carbonyl (C=O) groups excluding carboxylic acids is 3. The molecule has 1 atom stereocenters. The van der Waals surface area contributed by atoms with Gasteiger partial charge in [0.05, 0.1) is 6.04 Å². The first-order valence-corrected chi connectivity index (χ1v) is 3.90. The molecule has 0 bridgehead atoms. The van der Waals surface area contributed by atoms with Gasteiger partial charge in [0.25, 0.3) is 0 Å². The Balaban J connectivity index is 4.26. The van der Waals surface area contributed by atoms with Gasteiger partial charge in [-0.1, -0.05) is 6.58 Å². The minimum Gasteiger partial charge on any atom is -0.342 e. The second-order valence-corrected chi connectivity index (χ2v) is 2.78. The summed E-state index contributed by atoms with van der Waals surface area (Å²) in [6, 6.07) is -0.719. The molecule has 0 aromatic rings. The van der Waals surface area contributed by atoms with Crippen LogP contribution >= 0.6 is 0 Å². The average molecular weight is 183 g/mol.